The number of aromatic nitrogens is 4. The van der Waals surface area contributed by atoms with Crippen LogP contribution in [-0.2, 0) is 6.42 Å². The summed E-state index contributed by atoms with van der Waals surface area (Å²) in [4.78, 5) is 12.8. The van der Waals surface area contributed by atoms with E-state index in [0.717, 1.165) is 12.1 Å². The Morgan fingerprint density at radius 3 is 2.43 bits per heavy atom. The van der Waals surface area contributed by atoms with Crippen molar-refractivity contribution in [2.24, 2.45) is 5.41 Å². The van der Waals surface area contributed by atoms with E-state index in [1.807, 2.05) is 6.92 Å². The highest BCUT2D eigenvalue weighted by molar-refractivity contribution is 5.40. The molecule has 1 unspecified atom stereocenters. The Bertz CT molecular complexity index is 570. The van der Waals surface area contributed by atoms with Gasteiger partial charge >= 0.3 is 0 Å². The summed E-state index contributed by atoms with van der Waals surface area (Å²) in [5.74, 6) is 1.54. The first kappa shape index (κ1) is 15.6. The normalized spacial score (nSPS) is 13.4. The quantitative estimate of drug-likeness (QED) is 0.910. The molecule has 0 spiro atoms. The first-order valence-corrected chi connectivity index (χ1v) is 7.25. The van der Waals surface area contributed by atoms with Crippen molar-refractivity contribution in [3.05, 3.63) is 23.8 Å². The Balaban J connectivity index is 2.14. The average Bonchev–Trinajstić information content (AvgIpc) is 2.87. The number of aryl methyl sites for hydroxylation is 1. The second-order valence-corrected chi connectivity index (χ2v) is 6.28. The van der Waals surface area contributed by atoms with Gasteiger partial charge in [-0.1, -0.05) is 32.9 Å². The molecule has 2 heterocycles. The molecule has 0 aromatic carbocycles. The molecule has 0 aliphatic heterocycles. The molecule has 6 heteroatoms. The number of hydrogen-bond donors (Lipinski definition) is 1. The summed E-state index contributed by atoms with van der Waals surface area (Å²) in [6, 6.07) is 0.273. The molecule has 0 saturated heterocycles. The van der Waals surface area contributed by atoms with E-state index < -0.39 is 0 Å². The van der Waals surface area contributed by atoms with E-state index >= 15 is 0 Å². The van der Waals surface area contributed by atoms with Crippen molar-refractivity contribution in [2.45, 2.75) is 47.1 Å². The van der Waals surface area contributed by atoms with Gasteiger partial charge in [0.1, 0.15) is 0 Å². The first-order valence-electron chi connectivity index (χ1n) is 7.25. The Morgan fingerprint density at radius 1 is 1.19 bits per heavy atom. The Hall–Kier alpha value is -1.82. The predicted octanol–water partition coefficient (Wildman–Crippen LogP) is 2.40. The van der Waals surface area contributed by atoms with Gasteiger partial charge in [0, 0.05) is 24.9 Å². The molecule has 2 aromatic heterocycles. The second kappa shape index (κ2) is 6.30. The van der Waals surface area contributed by atoms with Crippen molar-refractivity contribution in [3.63, 3.8) is 0 Å². The third-order valence-electron chi connectivity index (χ3n) is 3.32. The van der Waals surface area contributed by atoms with Crippen LogP contribution in [0.3, 0.4) is 0 Å². The fourth-order valence-electron chi connectivity index (χ4n) is 2.04. The van der Waals surface area contributed by atoms with Gasteiger partial charge in [-0.3, -0.25) is 0 Å². The number of likely N-dealkylation sites (N-methyl/N-ethyl adjacent to an activating group) is 1. The summed E-state index contributed by atoms with van der Waals surface area (Å²) in [7, 11) is 0. The van der Waals surface area contributed by atoms with Gasteiger partial charge < -0.3 is 9.84 Å². The van der Waals surface area contributed by atoms with E-state index in [9.17, 15) is 0 Å². The number of hydrogen-bond acceptors (Lipinski definition) is 6. The third kappa shape index (κ3) is 4.07. The van der Waals surface area contributed by atoms with Gasteiger partial charge in [0.05, 0.1) is 0 Å². The van der Waals surface area contributed by atoms with E-state index in [4.69, 9.17) is 4.52 Å². The van der Waals surface area contributed by atoms with Gasteiger partial charge in [-0.05, 0) is 24.4 Å². The predicted molar refractivity (Wildman–Crippen MR) is 80.7 cm³/mol. The monoisotopic (exact) mass is 289 g/mol. The van der Waals surface area contributed by atoms with E-state index in [0.29, 0.717) is 24.0 Å². The van der Waals surface area contributed by atoms with E-state index in [1.165, 1.54) is 0 Å². The lowest BCUT2D eigenvalue weighted by Gasteiger charge is -2.30. The highest BCUT2D eigenvalue weighted by Crippen LogP contribution is 2.22. The standard InChI is InChI=1S/C15H23N5O/c1-6-16-11(15(3,4)5)7-12-19-14(20-21-12)13-17-8-10(2)9-18-13/h8-9,11,16H,6-7H2,1-5H3. The minimum Gasteiger partial charge on any atom is -0.339 e. The summed E-state index contributed by atoms with van der Waals surface area (Å²) in [5, 5.41) is 7.44. The van der Waals surface area contributed by atoms with Gasteiger partial charge in [0.25, 0.3) is 0 Å². The minimum atomic E-state index is 0.116. The molecule has 6 nitrogen and oxygen atoms in total. The van der Waals surface area contributed by atoms with Crippen molar-refractivity contribution in [1.82, 2.24) is 25.4 Å². The van der Waals surface area contributed by atoms with Crippen LogP contribution in [0, 0.1) is 12.3 Å². The lowest BCUT2D eigenvalue weighted by atomic mass is 9.84. The molecular formula is C15H23N5O. The highest BCUT2D eigenvalue weighted by Gasteiger charge is 2.26. The lowest BCUT2D eigenvalue weighted by molar-refractivity contribution is 0.247. The molecule has 0 aliphatic rings. The van der Waals surface area contributed by atoms with E-state index in [1.54, 1.807) is 12.4 Å². The van der Waals surface area contributed by atoms with Gasteiger partial charge in [-0.2, -0.15) is 4.98 Å². The molecule has 1 N–H and O–H groups in total. The van der Waals surface area contributed by atoms with Crippen molar-refractivity contribution in [2.75, 3.05) is 6.54 Å². The van der Waals surface area contributed by atoms with Crippen LogP contribution in [0.2, 0.25) is 0 Å². The lowest BCUT2D eigenvalue weighted by Crippen LogP contribution is -2.41. The summed E-state index contributed by atoms with van der Waals surface area (Å²) in [5.41, 5.74) is 1.12. The molecule has 114 valence electrons. The SMILES string of the molecule is CCNC(Cc1nc(-c2ncc(C)cn2)no1)C(C)(C)C. The van der Waals surface area contributed by atoms with Crippen LogP contribution in [-0.4, -0.2) is 32.7 Å². The molecule has 0 aliphatic carbocycles. The fourth-order valence-corrected chi connectivity index (χ4v) is 2.04. The molecule has 0 saturated carbocycles. The Kier molecular flexibility index (Phi) is 4.67. The van der Waals surface area contributed by atoms with E-state index in [-0.39, 0.29) is 11.5 Å². The maximum absolute atomic E-state index is 5.34. The third-order valence-corrected chi connectivity index (χ3v) is 3.32. The van der Waals surface area contributed by atoms with Crippen LogP contribution in [0.5, 0.6) is 0 Å². The number of nitrogens with zero attached hydrogens (tertiary/aromatic N) is 4. The van der Waals surface area contributed by atoms with Gasteiger partial charge in [-0.15, -0.1) is 0 Å². The molecular weight excluding hydrogens is 266 g/mol. The van der Waals surface area contributed by atoms with Crippen LogP contribution in [0.4, 0.5) is 0 Å². The van der Waals surface area contributed by atoms with Crippen molar-refractivity contribution >= 4 is 0 Å². The topological polar surface area (TPSA) is 76.7 Å². The molecule has 1 atom stereocenters. The zero-order chi connectivity index (χ0) is 15.5. The maximum atomic E-state index is 5.34. The van der Waals surface area contributed by atoms with Crippen LogP contribution in [0.1, 0.15) is 39.1 Å². The van der Waals surface area contributed by atoms with Crippen molar-refractivity contribution < 1.29 is 4.52 Å². The average molecular weight is 289 g/mol. The first-order chi connectivity index (χ1) is 9.90. The molecule has 0 bridgehead atoms. The minimum absolute atomic E-state index is 0.116. The zero-order valence-electron chi connectivity index (χ0n) is 13.3. The van der Waals surface area contributed by atoms with Crippen LogP contribution >= 0.6 is 0 Å². The maximum Gasteiger partial charge on any atom is 0.240 e. The Labute approximate surface area is 125 Å². The number of nitrogens with one attached hydrogen (secondary N) is 1. The van der Waals surface area contributed by atoms with Crippen LogP contribution in [0.15, 0.2) is 16.9 Å². The van der Waals surface area contributed by atoms with E-state index in [2.05, 4.69) is 53.1 Å². The van der Waals surface area contributed by atoms with Crippen molar-refractivity contribution in [3.8, 4) is 11.6 Å². The summed E-state index contributed by atoms with van der Waals surface area (Å²) in [6.07, 6.45) is 4.18. The fraction of sp³-hybridized carbons (Fsp3) is 0.600. The molecule has 2 aromatic rings. The van der Waals surface area contributed by atoms with Crippen molar-refractivity contribution in [1.29, 1.82) is 0 Å². The largest absolute Gasteiger partial charge is 0.339 e. The highest BCUT2D eigenvalue weighted by atomic mass is 16.5. The molecule has 2 rings (SSSR count). The van der Waals surface area contributed by atoms with Crippen LogP contribution in [0.25, 0.3) is 11.6 Å². The molecule has 21 heavy (non-hydrogen) atoms. The molecule has 0 amide bonds. The van der Waals surface area contributed by atoms with Gasteiger partial charge in [0.15, 0.2) is 0 Å². The summed E-state index contributed by atoms with van der Waals surface area (Å²) in [6.45, 7) is 11.5. The smallest absolute Gasteiger partial charge is 0.240 e. The van der Waals surface area contributed by atoms with Crippen LogP contribution < -0.4 is 5.32 Å². The Morgan fingerprint density at radius 2 is 1.86 bits per heavy atom. The second-order valence-electron chi connectivity index (χ2n) is 6.28. The molecule has 0 radical (unpaired) electrons. The van der Waals surface area contributed by atoms with Gasteiger partial charge in [0.2, 0.25) is 17.5 Å². The number of rotatable bonds is 5. The van der Waals surface area contributed by atoms with Gasteiger partial charge in [-0.25, -0.2) is 9.97 Å². The summed E-state index contributed by atoms with van der Waals surface area (Å²) >= 11 is 0. The zero-order valence-corrected chi connectivity index (χ0v) is 13.3. The molecule has 0 fully saturated rings. The summed E-state index contributed by atoms with van der Waals surface area (Å²) < 4.78 is 5.34.